The molecule has 4 rings (SSSR count). The van der Waals surface area contributed by atoms with Crippen LogP contribution in [0.15, 0.2) is 36.4 Å². The van der Waals surface area contributed by atoms with Crippen LogP contribution in [-0.2, 0) is 4.79 Å². The Bertz CT molecular complexity index is 1120. The second-order valence-corrected chi connectivity index (χ2v) is 7.36. The number of nitrogens with one attached hydrogen (secondary N) is 2. The molecular weight excluding hydrogens is 384 g/mol. The van der Waals surface area contributed by atoms with E-state index in [1.807, 2.05) is 0 Å². The first-order chi connectivity index (χ1) is 17.2. The monoisotopic (exact) mass is 422 g/mol. The zero-order valence-electron chi connectivity index (χ0n) is 24.1. The molecule has 29 heavy (non-hydrogen) atoms. The molecule has 3 heterocycles. The largest absolute Gasteiger partial charge is 0.354 e. The Morgan fingerprint density at radius 3 is 2.79 bits per heavy atom. The number of para-hydroxylation sites is 1. The summed E-state index contributed by atoms with van der Waals surface area (Å²) in [4.78, 5) is 13.6. The number of anilines is 1. The fourth-order valence-electron chi connectivity index (χ4n) is 3.38. The molecule has 2 atom stereocenters. The van der Waals surface area contributed by atoms with Crippen molar-refractivity contribution in [3.8, 4) is 5.69 Å². The molecule has 2 aliphatic rings. The molecular formula is C21H30N6OS. The number of thiol groups is 1. The number of hydrogen-bond donors (Lipinski definition) is 3. The third kappa shape index (κ3) is 4.60. The third-order valence-electron chi connectivity index (χ3n) is 4.81. The minimum atomic E-state index is -3.05. The molecule has 8 heteroatoms. The van der Waals surface area contributed by atoms with Crippen LogP contribution in [-0.4, -0.2) is 77.5 Å². The molecule has 0 bridgehead atoms. The average Bonchev–Trinajstić information content (AvgIpc) is 3.43. The molecule has 0 radical (unpaired) electrons. The minimum Gasteiger partial charge on any atom is -0.354 e. The van der Waals surface area contributed by atoms with E-state index in [1.165, 1.54) is 10.7 Å². The first kappa shape index (κ1) is 12.6. The van der Waals surface area contributed by atoms with E-state index in [-0.39, 0.29) is 24.7 Å². The predicted molar refractivity (Wildman–Crippen MR) is 119 cm³/mol. The summed E-state index contributed by atoms with van der Waals surface area (Å²) < 4.78 is 72.1. The van der Waals surface area contributed by atoms with E-state index in [2.05, 4.69) is 28.4 Å². The van der Waals surface area contributed by atoms with Crippen LogP contribution < -0.4 is 15.5 Å². The van der Waals surface area contributed by atoms with E-state index in [1.54, 1.807) is 37.3 Å². The molecule has 0 spiro atoms. The fraction of sp³-hybridized carbons (Fsp3) is 0.524. The number of nitrogens with zero attached hydrogens (tertiary/aromatic N) is 4. The van der Waals surface area contributed by atoms with Gasteiger partial charge in [-0.3, -0.25) is 9.69 Å². The van der Waals surface area contributed by atoms with Crippen LogP contribution in [0.1, 0.15) is 23.1 Å². The lowest BCUT2D eigenvalue weighted by molar-refractivity contribution is -0.122. The Kier molecular flexibility index (Phi) is 4.00. The van der Waals surface area contributed by atoms with Crippen LogP contribution in [0, 0.1) is 6.92 Å². The number of aromatic nitrogens is 2. The molecule has 2 aromatic rings. The van der Waals surface area contributed by atoms with Crippen LogP contribution in [0.5, 0.6) is 0 Å². The highest BCUT2D eigenvalue weighted by atomic mass is 32.1. The van der Waals surface area contributed by atoms with E-state index in [0.29, 0.717) is 33.5 Å². The molecule has 2 N–H and O–H groups in total. The molecule has 0 unspecified atom stereocenters. The van der Waals surface area contributed by atoms with Gasteiger partial charge in [-0.25, -0.2) is 4.68 Å². The number of hydrogen-bond acceptors (Lipinski definition) is 6. The summed E-state index contributed by atoms with van der Waals surface area (Å²) in [5.74, 6) is -0.0572. The van der Waals surface area contributed by atoms with Gasteiger partial charge >= 0.3 is 0 Å². The number of carbonyl (C=O) groups excluding carboxylic acids is 1. The normalized spacial score (nSPS) is 33.8. The molecule has 1 amide bonds. The highest BCUT2D eigenvalue weighted by molar-refractivity contribution is 7.80. The molecule has 0 aliphatic carbocycles. The van der Waals surface area contributed by atoms with Crippen LogP contribution in [0.4, 0.5) is 5.82 Å². The first-order valence-corrected chi connectivity index (χ1v) is 10.1. The van der Waals surface area contributed by atoms with E-state index >= 15 is 0 Å². The quantitative estimate of drug-likeness (QED) is 0.608. The Morgan fingerprint density at radius 2 is 2.07 bits per heavy atom. The molecule has 1 aromatic heterocycles. The van der Waals surface area contributed by atoms with Gasteiger partial charge in [0, 0.05) is 62.4 Å². The van der Waals surface area contributed by atoms with Crippen molar-refractivity contribution in [3.63, 3.8) is 0 Å². The summed E-state index contributed by atoms with van der Waals surface area (Å²) in [7, 11) is 0. The lowest BCUT2D eigenvalue weighted by Crippen LogP contribution is -2.51. The topological polar surface area (TPSA) is 65.4 Å². The molecule has 156 valence electrons. The van der Waals surface area contributed by atoms with Crippen molar-refractivity contribution in [2.75, 3.05) is 49.7 Å². The van der Waals surface area contributed by atoms with Crippen molar-refractivity contribution in [2.45, 2.75) is 25.4 Å². The van der Waals surface area contributed by atoms with Crippen molar-refractivity contribution in [3.05, 3.63) is 42.1 Å². The second kappa shape index (κ2) is 9.19. The number of amides is 1. The van der Waals surface area contributed by atoms with Gasteiger partial charge in [0.1, 0.15) is 5.82 Å². The number of benzene rings is 1. The number of piperazine rings is 1. The SMILES string of the molecule is [2H]C1([2H])N(c2cc(C)nn2-c2ccccc2)C([2H])([2H])C([2H])([2H])N([C@@H]2CN[C@H](C(=O)NCCS)C2)C1([2H])[2H]. The highest BCUT2D eigenvalue weighted by Crippen LogP contribution is 2.24. The van der Waals surface area contributed by atoms with Gasteiger partial charge in [0.2, 0.25) is 5.91 Å². The molecule has 0 saturated carbocycles. The standard InChI is InChI=1S/C21H30N6OS/c1-16-13-20(27(24-16)17-5-3-2-4-6-17)26-10-8-25(9-11-26)18-14-19(23-15-18)21(28)22-7-12-29/h2-6,13,18-19,23,29H,7-12,14-15H2,1H3,(H,22,28)/t18-,19-/m0/s1/i8D2,9D2,10D2,11D2. The van der Waals surface area contributed by atoms with Crippen molar-refractivity contribution in [1.82, 2.24) is 25.3 Å². The summed E-state index contributed by atoms with van der Waals surface area (Å²) in [5.41, 5.74) is 0.903. The van der Waals surface area contributed by atoms with Gasteiger partial charge in [0.05, 0.1) is 22.9 Å². The average molecular weight is 423 g/mol. The molecule has 2 aliphatic heterocycles. The zero-order chi connectivity index (χ0) is 27.4. The Labute approximate surface area is 189 Å². The third-order valence-corrected chi connectivity index (χ3v) is 5.03. The lowest BCUT2D eigenvalue weighted by atomic mass is 10.1. The van der Waals surface area contributed by atoms with Gasteiger partial charge in [0.15, 0.2) is 0 Å². The smallest absolute Gasteiger partial charge is 0.237 e. The van der Waals surface area contributed by atoms with Gasteiger partial charge in [-0.05, 0) is 25.5 Å². The van der Waals surface area contributed by atoms with Crippen LogP contribution in [0.25, 0.3) is 5.69 Å². The van der Waals surface area contributed by atoms with Crippen molar-refractivity contribution >= 4 is 24.4 Å². The fourth-order valence-corrected chi connectivity index (χ4v) is 3.49. The lowest BCUT2D eigenvalue weighted by Gasteiger charge is -2.38. The van der Waals surface area contributed by atoms with E-state index in [0.717, 1.165) is 0 Å². The maximum Gasteiger partial charge on any atom is 0.237 e. The maximum absolute atomic E-state index is 12.4. The molecule has 2 fully saturated rings. The molecule has 1 aromatic carbocycles. The number of rotatable bonds is 6. The Morgan fingerprint density at radius 1 is 1.31 bits per heavy atom. The summed E-state index contributed by atoms with van der Waals surface area (Å²) in [6.07, 6.45) is -0.0232. The van der Waals surface area contributed by atoms with Gasteiger partial charge in [-0.15, -0.1) is 0 Å². The summed E-state index contributed by atoms with van der Waals surface area (Å²) in [5, 5.41) is 9.97. The molecule has 2 saturated heterocycles. The first-order valence-electron chi connectivity index (χ1n) is 13.5. The van der Waals surface area contributed by atoms with Gasteiger partial charge in [-0.1, -0.05) is 18.2 Å². The summed E-state index contributed by atoms with van der Waals surface area (Å²) >= 11 is 4.06. The number of aryl methyl sites for hydroxylation is 1. The minimum absolute atomic E-state index is 0.0226. The predicted octanol–water partition coefficient (Wildman–Crippen LogP) is 1.08. The van der Waals surface area contributed by atoms with Crippen molar-refractivity contribution in [2.24, 2.45) is 0 Å². The van der Waals surface area contributed by atoms with Gasteiger partial charge in [-0.2, -0.15) is 17.7 Å². The number of carbonyl (C=O) groups is 1. The van der Waals surface area contributed by atoms with Crippen LogP contribution >= 0.6 is 12.6 Å². The van der Waals surface area contributed by atoms with Gasteiger partial charge in [0.25, 0.3) is 0 Å². The Hall–Kier alpha value is -2.03. The van der Waals surface area contributed by atoms with Crippen LogP contribution in [0.2, 0.25) is 0 Å². The maximum atomic E-state index is 12.4. The van der Waals surface area contributed by atoms with Gasteiger partial charge < -0.3 is 15.5 Å². The summed E-state index contributed by atoms with van der Waals surface area (Å²) in [6, 6.07) is 8.25. The van der Waals surface area contributed by atoms with E-state index in [9.17, 15) is 4.79 Å². The second-order valence-electron chi connectivity index (χ2n) is 6.91. The van der Waals surface area contributed by atoms with Crippen molar-refractivity contribution in [1.29, 1.82) is 0 Å². The van der Waals surface area contributed by atoms with E-state index < -0.39 is 38.1 Å². The van der Waals surface area contributed by atoms with Crippen molar-refractivity contribution < 1.29 is 15.8 Å². The molecule has 7 nitrogen and oxygen atoms in total. The van der Waals surface area contributed by atoms with Crippen LogP contribution in [0.3, 0.4) is 0 Å². The Balaban J connectivity index is 1.77. The zero-order valence-corrected chi connectivity index (χ0v) is 17.0. The highest BCUT2D eigenvalue weighted by Gasteiger charge is 2.34. The summed E-state index contributed by atoms with van der Waals surface area (Å²) in [6.45, 7) is -10.2. The van der Waals surface area contributed by atoms with E-state index in [4.69, 9.17) is 11.0 Å².